The monoisotopic (exact) mass is 467 g/mol. The van der Waals surface area contributed by atoms with Gasteiger partial charge in [-0.2, -0.15) is 0 Å². The fourth-order valence-electron chi connectivity index (χ4n) is 5.81. The lowest BCUT2D eigenvalue weighted by molar-refractivity contribution is 0.0209. The van der Waals surface area contributed by atoms with E-state index in [1.54, 1.807) is 35.4 Å². The zero-order valence-corrected chi connectivity index (χ0v) is 18.9. The lowest BCUT2D eigenvalue weighted by Crippen LogP contribution is -2.51. The normalized spacial score (nSPS) is 24.7. The van der Waals surface area contributed by atoms with Crippen LogP contribution in [0.15, 0.2) is 47.9 Å². The molecule has 1 saturated heterocycles. The van der Waals surface area contributed by atoms with E-state index in [0.29, 0.717) is 17.5 Å². The summed E-state index contributed by atoms with van der Waals surface area (Å²) in [6.45, 7) is 1.89. The SMILES string of the molecule is Cc1cn2cc(C(=O)N3C4=C(C[C@H]5CCC[C@@H]4N5)C(c4cc(F)c(F)c(F)c4)N3C)ccc2n1. The summed E-state index contributed by atoms with van der Waals surface area (Å²) in [5.74, 6) is -4.19. The van der Waals surface area contributed by atoms with Crippen LogP contribution in [-0.4, -0.2) is 44.4 Å². The summed E-state index contributed by atoms with van der Waals surface area (Å²) in [7, 11) is 1.74. The largest absolute Gasteiger partial charge is 0.306 e. The van der Waals surface area contributed by atoms with Gasteiger partial charge in [0.15, 0.2) is 17.5 Å². The first-order valence-electron chi connectivity index (χ1n) is 11.5. The van der Waals surface area contributed by atoms with Crippen LogP contribution >= 0.6 is 0 Å². The minimum absolute atomic E-state index is 0.0340. The summed E-state index contributed by atoms with van der Waals surface area (Å²) in [5.41, 5.74) is 4.14. The number of carbonyl (C=O) groups excluding carboxylic acids is 1. The summed E-state index contributed by atoms with van der Waals surface area (Å²) < 4.78 is 43.9. The van der Waals surface area contributed by atoms with Gasteiger partial charge in [-0.25, -0.2) is 28.2 Å². The number of benzene rings is 1. The van der Waals surface area contributed by atoms with Crippen molar-refractivity contribution in [3.05, 3.63) is 82.2 Å². The van der Waals surface area contributed by atoms with Crippen LogP contribution in [0.3, 0.4) is 0 Å². The number of rotatable bonds is 2. The van der Waals surface area contributed by atoms with Crippen LogP contribution in [0.5, 0.6) is 0 Å². The highest BCUT2D eigenvalue weighted by Crippen LogP contribution is 2.47. The maximum Gasteiger partial charge on any atom is 0.274 e. The highest BCUT2D eigenvalue weighted by molar-refractivity contribution is 5.95. The predicted molar refractivity (Wildman–Crippen MR) is 119 cm³/mol. The smallest absolute Gasteiger partial charge is 0.274 e. The Labute approximate surface area is 194 Å². The number of nitrogens with one attached hydrogen (secondary N) is 1. The van der Waals surface area contributed by atoms with Gasteiger partial charge in [0.25, 0.3) is 5.91 Å². The van der Waals surface area contributed by atoms with Crippen molar-refractivity contribution in [3.63, 3.8) is 0 Å². The second kappa shape index (κ2) is 7.68. The van der Waals surface area contributed by atoms with Gasteiger partial charge in [-0.1, -0.05) is 0 Å². The van der Waals surface area contributed by atoms with E-state index in [1.807, 2.05) is 17.5 Å². The number of pyridine rings is 1. The summed E-state index contributed by atoms with van der Waals surface area (Å²) >= 11 is 0. The van der Waals surface area contributed by atoms with Crippen molar-refractivity contribution in [2.45, 2.75) is 50.7 Å². The number of amides is 1. The molecule has 0 spiro atoms. The molecule has 0 radical (unpaired) electrons. The van der Waals surface area contributed by atoms with Crippen LogP contribution in [0.1, 0.15) is 53.3 Å². The van der Waals surface area contributed by atoms with Crippen molar-refractivity contribution >= 4 is 11.6 Å². The van der Waals surface area contributed by atoms with E-state index in [1.165, 1.54) is 0 Å². The molecule has 3 atom stereocenters. The molecule has 176 valence electrons. The van der Waals surface area contributed by atoms with Crippen molar-refractivity contribution in [1.82, 2.24) is 24.7 Å². The number of hydrogen-bond acceptors (Lipinski definition) is 4. The van der Waals surface area contributed by atoms with E-state index in [-0.39, 0.29) is 18.0 Å². The fourth-order valence-corrected chi connectivity index (χ4v) is 5.81. The molecule has 9 heteroatoms. The number of likely N-dealkylation sites (N-methyl/N-ethyl adjacent to an activating group) is 1. The Balaban J connectivity index is 1.47. The number of aryl methyl sites for hydroxylation is 1. The molecular weight excluding hydrogens is 443 g/mol. The Kier molecular flexibility index (Phi) is 4.82. The van der Waals surface area contributed by atoms with Gasteiger partial charge in [0.2, 0.25) is 0 Å². The topological polar surface area (TPSA) is 52.9 Å². The zero-order chi connectivity index (χ0) is 23.7. The second-order valence-electron chi connectivity index (χ2n) is 9.42. The van der Waals surface area contributed by atoms with Crippen LogP contribution in [0.4, 0.5) is 13.2 Å². The van der Waals surface area contributed by atoms with Crippen LogP contribution in [-0.2, 0) is 0 Å². The van der Waals surface area contributed by atoms with Gasteiger partial charge in [0.1, 0.15) is 5.65 Å². The first kappa shape index (κ1) is 21.4. The number of nitrogens with zero attached hydrogens (tertiary/aromatic N) is 4. The Hall–Kier alpha value is -3.17. The van der Waals surface area contributed by atoms with Crippen LogP contribution in [0, 0.1) is 24.4 Å². The molecule has 1 N–H and O–H groups in total. The van der Waals surface area contributed by atoms with E-state index >= 15 is 0 Å². The molecule has 6 nitrogen and oxygen atoms in total. The number of hydrazine groups is 1. The highest BCUT2D eigenvalue weighted by atomic mass is 19.2. The number of carbonyl (C=O) groups is 1. The van der Waals surface area contributed by atoms with Crippen molar-refractivity contribution in [3.8, 4) is 0 Å². The third-order valence-corrected chi connectivity index (χ3v) is 7.19. The molecule has 0 aliphatic carbocycles. The van der Waals surface area contributed by atoms with Gasteiger partial charge in [0, 0.05) is 31.5 Å². The van der Waals surface area contributed by atoms with E-state index in [2.05, 4.69) is 10.3 Å². The van der Waals surface area contributed by atoms with Crippen molar-refractivity contribution in [1.29, 1.82) is 0 Å². The molecule has 34 heavy (non-hydrogen) atoms. The first-order chi connectivity index (χ1) is 16.3. The first-order valence-corrected chi connectivity index (χ1v) is 11.5. The number of aromatic nitrogens is 2. The number of fused-ring (bicyclic) bond motifs is 4. The zero-order valence-electron chi connectivity index (χ0n) is 18.9. The third kappa shape index (κ3) is 3.18. The third-order valence-electron chi connectivity index (χ3n) is 7.19. The van der Waals surface area contributed by atoms with E-state index in [4.69, 9.17) is 0 Å². The molecule has 6 rings (SSSR count). The van der Waals surface area contributed by atoms with E-state index in [9.17, 15) is 18.0 Å². The lowest BCUT2D eigenvalue weighted by atomic mass is 9.81. The van der Waals surface area contributed by atoms with E-state index < -0.39 is 23.5 Å². The number of hydrogen-bond donors (Lipinski definition) is 1. The Morgan fingerprint density at radius 1 is 1.12 bits per heavy atom. The maximum absolute atomic E-state index is 14.2. The quantitative estimate of drug-likeness (QED) is 0.572. The molecule has 2 aromatic heterocycles. The molecule has 3 aliphatic heterocycles. The Morgan fingerprint density at radius 2 is 1.88 bits per heavy atom. The molecule has 1 amide bonds. The molecule has 1 aromatic carbocycles. The van der Waals surface area contributed by atoms with E-state index in [0.717, 1.165) is 54.0 Å². The standard InChI is InChI=1S/C25H24F3N5O/c1-13-11-32-12-14(6-7-21(32)29-13)25(34)33-24-17(10-16-4-3-5-20(24)30-16)23(31(33)2)15-8-18(26)22(28)19(27)9-15/h6-9,11-12,16,20,23,30H,3-5,10H2,1-2H3/t16-,20+,23?/m1/s1. The summed E-state index contributed by atoms with van der Waals surface area (Å²) in [4.78, 5) is 18.3. The summed E-state index contributed by atoms with van der Waals surface area (Å²) in [6.07, 6.45) is 7.16. The molecule has 3 aliphatic rings. The molecule has 3 aromatic rings. The number of imidazole rings is 1. The van der Waals surface area contributed by atoms with Crippen molar-refractivity contribution < 1.29 is 18.0 Å². The molecule has 0 saturated carbocycles. The molecule has 1 unspecified atom stereocenters. The number of piperidine rings is 1. The summed E-state index contributed by atoms with van der Waals surface area (Å²) in [5, 5.41) is 6.97. The minimum atomic E-state index is -1.49. The molecule has 2 bridgehead atoms. The Morgan fingerprint density at radius 3 is 2.65 bits per heavy atom. The minimum Gasteiger partial charge on any atom is -0.306 e. The van der Waals surface area contributed by atoms with Gasteiger partial charge in [0.05, 0.1) is 23.0 Å². The van der Waals surface area contributed by atoms with Gasteiger partial charge < -0.3 is 9.72 Å². The van der Waals surface area contributed by atoms with Crippen LogP contribution < -0.4 is 5.32 Å². The lowest BCUT2D eigenvalue weighted by Gasteiger charge is -2.39. The van der Waals surface area contributed by atoms with Gasteiger partial charge >= 0.3 is 0 Å². The van der Waals surface area contributed by atoms with Crippen molar-refractivity contribution in [2.75, 3.05) is 7.05 Å². The second-order valence-corrected chi connectivity index (χ2v) is 9.42. The van der Waals surface area contributed by atoms with Crippen LogP contribution in [0.25, 0.3) is 5.65 Å². The van der Waals surface area contributed by atoms with Crippen LogP contribution in [0.2, 0.25) is 0 Å². The molecule has 5 heterocycles. The van der Waals surface area contributed by atoms with Crippen molar-refractivity contribution in [2.24, 2.45) is 0 Å². The molecule has 1 fully saturated rings. The predicted octanol–water partition coefficient (Wildman–Crippen LogP) is 4.27. The molecular formula is C25H24F3N5O. The van der Waals surface area contributed by atoms with Gasteiger partial charge in [-0.15, -0.1) is 0 Å². The fraction of sp³-hybridized carbons (Fsp3) is 0.360. The highest BCUT2D eigenvalue weighted by Gasteiger charge is 2.48. The number of halogens is 3. The van der Waals surface area contributed by atoms with Gasteiger partial charge in [-0.3, -0.25) is 4.79 Å². The summed E-state index contributed by atoms with van der Waals surface area (Å²) in [6, 6.07) is 5.25. The Bertz CT molecular complexity index is 1340. The average molecular weight is 467 g/mol. The average Bonchev–Trinajstić information content (AvgIpc) is 3.32. The maximum atomic E-state index is 14.2. The van der Waals surface area contributed by atoms with Gasteiger partial charge in [-0.05, 0) is 68.0 Å².